The highest BCUT2D eigenvalue weighted by atomic mass is 32.2. The monoisotopic (exact) mass is 213 g/mol. The van der Waals surface area contributed by atoms with Crippen LogP contribution in [0.5, 0.6) is 0 Å². The Labute approximate surface area is 83.3 Å². The largest absolute Gasteiger partial charge is 0.358 e. The van der Waals surface area contributed by atoms with E-state index < -0.39 is 10.1 Å². The molecule has 5 heteroatoms. The van der Waals surface area contributed by atoms with Gasteiger partial charge in [0.1, 0.15) is 4.90 Å². The Balaban J connectivity index is 2.93. The van der Waals surface area contributed by atoms with Gasteiger partial charge in [0.25, 0.3) is 0 Å². The van der Waals surface area contributed by atoms with E-state index in [-0.39, 0.29) is 4.90 Å². The molecular weight excluding hydrogens is 202 g/mol. The van der Waals surface area contributed by atoms with Crippen LogP contribution in [0.3, 0.4) is 0 Å². The van der Waals surface area contributed by atoms with Crippen molar-refractivity contribution in [3.8, 4) is 0 Å². The molecule has 0 heterocycles. The zero-order valence-corrected chi connectivity index (χ0v) is 8.78. The van der Waals surface area contributed by atoms with Crippen LogP contribution in [0.1, 0.15) is 13.8 Å². The summed E-state index contributed by atoms with van der Waals surface area (Å²) in [6.45, 7) is 3.31. The van der Waals surface area contributed by atoms with Crippen LogP contribution in [0.2, 0.25) is 0 Å². The molecule has 76 valence electrons. The van der Waals surface area contributed by atoms with Gasteiger partial charge in [-0.15, -0.1) is 0 Å². The van der Waals surface area contributed by atoms with Crippen LogP contribution >= 0.6 is 0 Å². The summed E-state index contributed by atoms with van der Waals surface area (Å²) in [5, 5.41) is 3.40. The lowest BCUT2D eigenvalue weighted by molar-refractivity contribution is 0.338. The minimum absolute atomic E-state index is 0.102. The lowest BCUT2D eigenvalue weighted by atomic mass is 10.4. The van der Waals surface area contributed by atoms with Crippen molar-refractivity contribution < 1.29 is 12.7 Å². The summed E-state index contributed by atoms with van der Waals surface area (Å²) in [4.78, 5) is 0.102. The Morgan fingerprint density at radius 3 is 2.29 bits per heavy atom. The Bertz CT molecular complexity index is 419. The van der Waals surface area contributed by atoms with Crippen molar-refractivity contribution in [1.82, 2.24) is 0 Å². The van der Waals surface area contributed by atoms with Gasteiger partial charge in [-0.05, 0) is 26.0 Å². The molecule has 14 heavy (non-hydrogen) atoms. The van der Waals surface area contributed by atoms with E-state index in [1.807, 2.05) is 0 Å². The van der Waals surface area contributed by atoms with E-state index in [0.717, 1.165) is 0 Å². The summed E-state index contributed by atoms with van der Waals surface area (Å²) in [6, 6.07) is 7.89. The minimum atomic E-state index is -3.74. The average molecular weight is 213 g/mol. The maximum absolute atomic E-state index is 11.4. The van der Waals surface area contributed by atoms with Crippen LogP contribution in [0.25, 0.3) is 0 Å². The van der Waals surface area contributed by atoms with Crippen molar-refractivity contribution >= 4 is 15.8 Å². The molecule has 0 aliphatic rings. The molecule has 1 aromatic rings. The third-order valence-corrected chi connectivity index (χ3v) is 2.47. The first-order valence-corrected chi connectivity index (χ1v) is 5.43. The summed E-state index contributed by atoms with van der Waals surface area (Å²) in [6.07, 6.45) is 0. The number of nitrogens with zero attached hydrogens (tertiary/aromatic N) is 1. The molecule has 0 spiro atoms. The predicted molar refractivity (Wildman–Crippen MR) is 53.5 cm³/mol. The Kier molecular flexibility index (Phi) is 3.24. The third kappa shape index (κ3) is 2.85. The van der Waals surface area contributed by atoms with E-state index in [2.05, 4.69) is 9.44 Å². The van der Waals surface area contributed by atoms with Crippen molar-refractivity contribution in [2.24, 2.45) is 5.16 Å². The molecule has 0 saturated carbocycles. The Morgan fingerprint density at radius 2 is 1.79 bits per heavy atom. The van der Waals surface area contributed by atoms with E-state index in [9.17, 15) is 8.42 Å². The molecule has 0 aliphatic carbocycles. The van der Waals surface area contributed by atoms with Crippen molar-refractivity contribution in [3.63, 3.8) is 0 Å². The van der Waals surface area contributed by atoms with Gasteiger partial charge >= 0.3 is 10.1 Å². The summed E-state index contributed by atoms with van der Waals surface area (Å²) in [7, 11) is -3.74. The highest BCUT2D eigenvalue weighted by molar-refractivity contribution is 7.86. The van der Waals surface area contributed by atoms with Gasteiger partial charge in [-0.3, -0.25) is 4.28 Å². The molecular formula is C9H11NO3S. The van der Waals surface area contributed by atoms with Crippen LogP contribution in [-0.2, 0) is 14.4 Å². The SMILES string of the molecule is CC(C)=NOS(=O)(=O)c1ccccc1. The molecule has 0 fully saturated rings. The van der Waals surface area contributed by atoms with E-state index in [1.165, 1.54) is 12.1 Å². The van der Waals surface area contributed by atoms with Crippen molar-refractivity contribution in [2.45, 2.75) is 18.7 Å². The first-order chi connectivity index (χ1) is 6.52. The van der Waals surface area contributed by atoms with Gasteiger partial charge in [0.2, 0.25) is 0 Å². The topological polar surface area (TPSA) is 55.7 Å². The highest BCUT2D eigenvalue weighted by Crippen LogP contribution is 2.11. The number of benzene rings is 1. The van der Waals surface area contributed by atoms with Crippen molar-refractivity contribution in [3.05, 3.63) is 30.3 Å². The molecule has 1 rings (SSSR count). The Morgan fingerprint density at radius 1 is 1.21 bits per heavy atom. The Hall–Kier alpha value is -1.36. The van der Waals surface area contributed by atoms with Gasteiger partial charge in [0.05, 0.1) is 5.71 Å². The number of hydrogen-bond acceptors (Lipinski definition) is 4. The third-order valence-electron chi connectivity index (χ3n) is 1.35. The van der Waals surface area contributed by atoms with Crippen molar-refractivity contribution in [1.29, 1.82) is 0 Å². The van der Waals surface area contributed by atoms with Gasteiger partial charge in [-0.2, -0.15) is 8.42 Å². The molecule has 0 unspecified atom stereocenters. The van der Waals surface area contributed by atoms with E-state index in [0.29, 0.717) is 5.71 Å². The fourth-order valence-electron chi connectivity index (χ4n) is 0.754. The molecule has 0 bridgehead atoms. The summed E-state index contributed by atoms with van der Waals surface area (Å²) in [5.41, 5.74) is 0.546. The van der Waals surface area contributed by atoms with E-state index in [1.54, 1.807) is 32.0 Å². The summed E-state index contributed by atoms with van der Waals surface area (Å²) >= 11 is 0. The van der Waals surface area contributed by atoms with Crippen LogP contribution in [0.4, 0.5) is 0 Å². The van der Waals surface area contributed by atoms with Crippen LogP contribution in [0, 0.1) is 0 Å². The maximum Gasteiger partial charge on any atom is 0.358 e. The van der Waals surface area contributed by atoms with Crippen LogP contribution in [0.15, 0.2) is 40.4 Å². The maximum atomic E-state index is 11.4. The van der Waals surface area contributed by atoms with Crippen molar-refractivity contribution in [2.75, 3.05) is 0 Å². The first kappa shape index (κ1) is 10.7. The summed E-state index contributed by atoms with van der Waals surface area (Å²) < 4.78 is 27.3. The average Bonchev–Trinajstić information content (AvgIpc) is 2.16. The predicted octanol–water partition coefficient (Wildman–Crippen LogP) is 1.79. The highest BCUT2D eigenvalue weighted by Gasteiger charge is 2.14. The number of oxime groups is 1. The molecule has 0 aromatic heterocycles. The smallest absolute Gasteiger partial charge is 0.265 e. The zero-order chi connectivity index (χ0) is 10.6. The molecule has 0 amide bonds. The molecule has 0 N–H and O–H groups in total. The van der Waals surface area contributed by atoms with E-state index in [4.69, 9.17) is 0 Å². The molecule has 0 radical (unpaired) electrons. The van der Waals surface area contributed by atoms with Gasteiger partial charge in [0.15, 0.2) is 0 Å². The fourth-order valence-corrected chi connectivity index (χ4v) is 1.58. The molecule has 4 nitrogen and oxygen atoms in total. The van der Waals surface area contributed by atoms with Gasteiger partial charge in [-0.25, -0.2) is 0 Å². The standard InChI is InChI=1S/C9H11NO3S/c1-8(2)10-13-14(11,12)9-6-4-3-5-7-9/h3-7H,1-2H3. The molecule has 0 atom stereocenters. The number of hydrogen-bond donors (Lipinski definition) is 0. The second-order valence-electron chi connectivity index (χ2n) is 2.88. The second kappa shape index (κ2) is 4.23. The molecule has 0 aliphatic heterocycles. The van der Waals surface area contributed by atoms with Gasteiger partial charge < -0.3 is 0 Å². The minimum Gasteiger partial charge on any atom is -0.265 e. The van der Waals surface area contributed by atoms with Crippen LogP contribution in [-0.4, -0.2) is 14.1 Å². The van der Waals surface area contributed by atoms with Gasteiger partial charge in [-0.1, -0.05) is 23.4 Å². The second-order valence-corrected chi connectivity index (χ2v) is 4.41. The lowest BCUT2D eigenvalue weighted by Crippen LogP contribution is -2.03. The summed E-state index contributed by atoms with van der Waals surface area (Å²) in [5.74, 6) is 0. The molecule has 0 saturated heterocycles. The fraction of sp³-hybridized carbons (Fsp3) is 0.222. The van der Waals surface area contributed by atoms with E-state index >= 15 is 0 Å². The quantitative estimate of drug-likeness (QED) is 0.568. The lowest BCUT2D eigenvalue weighted by Gasteiger charge is -2.00. The first-order valence-electron chi connectivity index (χ1n) is 4.02. The van der Waals surface area contributed by atoms with Crippen LogP contribution < -0.4 is 0 Å². The molecule has 1 aromatic carbocycles. The zero-order valence-electron chi connectivity index (χ0n) is 7.97. The van der Waals surface area contributed by atoms with Gasteiger partial charge in [0, 0.05) is 0 Å². The normalized spacial score (nSPS) is 10.7. The number of rotatable bonds is 3.